The molecule has 0 rings (SSSR count). The Balaban J connectivity index is 0. The summed E-state index contributed by atoms with van der Waals surface area (Å²) < 4.78 is 0. The molecule has 0 saturated carbocycles. The van der Waals surface area contributed by atoms with Crippen molar-refractivity contribution in [2.45, 2.75) is 96.8 Å². The molecule has 0 aromatic carbocycles. The molecule has 0 aliphatic rings. The fourth-order valence-electron chi connectivity index (χ4n) is 2.56. The smallest absolute Gasteiger partial charge is 0.0418 e. The first-order valence-electron chi connectivity index (χ1n) is 7.71. The van der Waals surface area contributed by atoms with Crippen molar-refractivity contribution in [3.05, 3.63) is 0 Å². The minimum Gasteiger partial charge on any atom is -0.344 e. The van der Waals surface area contributed by atoms with Gasteiger partial charge in [0.15, 0.2) is 0 Å². The zero-order chi connectivity index (χ0) is 13.1. The van der Waals surface area contributed by atoms with Crippen LogP contribution >= 0.6 is 11.6 Å². The molecule has 3 N–H and O–H groups in total. The molecule has 0 aromatic rings. The number of alkyl halides is 1. The molecule has 0 fully saturated rings. The van der Waals surface area contributed by atoms with Gasteiger partial charge in [0.2, 0.25) is 0 Å². The molecular weight excluding hydrogens is 242 g/mol. The second kappa shape index (κ2) is 12.3. The van der Waals surface area contributed by atoms with Crippen molar-refractivity contribution in [1.82, 2.24) is 6.15 Å². The van der Waals surface area contributed by atoms with Crippen LogP contribution in [-0.2, 0) is 0 Å². The predicted octanol–water partition coefficient (Wildman–Crippen LogP) is 6.72. The van der Waals surface area contributed by atoms with Crippen LogP contribution in [0, 0.1) is 5.92 Å². The van der Waals surface area contributed by atoms with Gasteiger partial charge in [-0.15, -0.1) is 11.6 Å². The first-order chi connectivity index (χ1) is 8.02. The lowest BCUT2D eigenvalue weighted by Gasteiger charge is -2.27. The van der Waals surface area contributed by atoms with Gasteiger partial charge in [-0.3, -0.25) is 0 Å². The topological polar surface area (TPSA) is 35.0 Å². The van der Waals surface area contributed by atoms with Gasteiger partial charge in [0.05, 0.1) is 0 Å². The van der Waals surface area contributed by atoms with Gasteiger partial charge in [-0.1, -0.05) is 71.6 Å². The zero-order valence-electron chi connectivity index (χ0n) is 13.2. The van der Waals surface area contributed by atoms with Crippen molar-refractivity contribution in [3.8, 4) is 0 Å². The summed E-state index contributed by atoms with van der Waals surface area (Å²) in [6.45, 7) is 8.86. The van der Waals surface area contributed by atoms with Gasteiger partial charge in [0, 0.05) is 4.87 Å². The molecule has 0 aliphatic carbocycles. The van der Waals surface area contributed by atoms with E-state index in [1.165, 1.54) is 64.2 Å². The van der Waals surface area contributed by atoms with Crippen LogP contribution in [0.25, 0.3) is 0 Å². The van der Waals surface area contributed by atoms with E-state index in [1.54, 1.807) is 0 Å². The molecule has 0 heterocycles. The van der Waals surface area contributed by atoms with Gasteiger partial charge < -0.3 is 6.15 Å². The Morgan fingerprint density at radius 2 is 1.28 bits per heavy atom. The number of rotatable bonds is 11. The van der Waals surface area contributed by atoms with Gasteiger partial charge >= 0.3 is 0 Å². The highest BCUT2D eigenvalue weighted by Crippen LogP contribution is 2.31. The Hall–Kier alpha value is 0.250. The largest absolute Gasteiger partial charge is 0.344 e. The highest BCUT2D eigenvalue weighted by molar-refractivity contribution is 6.23. The summed E-state index contributed by atoms with van der Waals surface area (Å²) in [7, 11) is 0. The van der Waals surface area contributed by atoms with Crippen molar-refractivity contribution in [1.29, 1.82) is 0 Å². The third-order valence-electron chi connectivity index (χ3n) is 3.87. The molecular formula is C16H36ClN. The van der Waals surface area contributed by atoms with Crippen molar-refractivity contribution < 1.29 is 0 Å². The van der Waals surface area contributed by atoms with Crippen LogP contribution < -0.4 is 6.15 Å². The van der Waals surface area contributed by atoms with E-state index in [1.807, 2.05) is 0 Å². The van der Waals surface area contributed by atoms with E-state index in [2.05, 4.69) is 27.7 Å². The van der Waals surface area contributed by atoms with Gasteiger partial charge in [-0.25, -0.2) is 0 Å². The maximum Gasteiger partial charge on any atom is 0.0418 e. The quantitative estimate of drug-likeness (QED) is 0.330. The molecule has 18 heavy (non-hydrogen) atoms. The molecule has 2 heteroatoms. The summed E-state index contributed by atoms with van der Waals surface area (Å²) in [4.78, 5) is -0.0180. The van der Waals surface area contributed by atoms with Crippen LogP contribution in [-0.4, -0.2) is 4.87 Å². The monoisotopic (exact) mass is 277 g/mol. The minimum absolute atomic E-state index is 0. The Kier molecular flexibility index (Phi) is 14.0. The van der Waals surface area contributed by atoms with Gasteiger partial charge in [-0.05, 0) is 26.2 Å². The Morgan fingerprint density at radius 3 is 1.67 bits per heavy atom. The summed E-state index contributed by atoms with van der Waals surface area (Å²) in [5.41, 5.74) is 0. The summed E-state index contributed by atoms with van der Waals surface area (Å²) in [5.74, 6) is 0.684. The van der Waals surface area contributed by atoms with Crippen molar-refractivity contribution >= 4 is 11.6 Å². The molecule has 0 aliphatic heterocycles. The molecule has 0 spiro atoms. The molecule has 112 valence electrons. The van der Waals surface area contributed by atoms with Gasteiger partial charge in [0.1, 0.15) is 0 Å². The fourth-order valence-corrected chi connectivity index (χ4v) is 2.82. The molecule has 0 aromatic heterocycles. The van der Waals surface area contributed by atoms with Crippen molar-refractivity contribution in [2.24, 2.45) is 5.92 Å². The lowest BCUT2D eigenvalue weighted by molar-refractivity contribution is 0.359. The van der Waals surface area contributed by atoms with Crippen LogP contribution in [0.5, 0.6) is 0 Å². The number of unbranched alkanes of at least 4 members (excludes halogenated alkanes) is 7. The Labute approximate surface area is 121 Å². The lowest BCUT2D eigenvalue weighted by Crippen LogP contribution is -2.23. The number of hydrogen-bond acceptors (Lipinski definition) is 1. The van der Waals surface area contributed by atoms with Gasteiger partial charge in [-0.2, -0.15) is 0 Å². The summed E-state index contributed by atoms with van der Waals surface area (Å²) >= 11 is 6.40. The van der Waals surface area contributed by atoms with Crippen molar-refractivity contribution in [3.63, 3.8) is 0 Å². The Bertz CT molecular complexity index is 163. The van der Waals surface area contributed by atoms with Crippen molar-refractivity contribution in [2.75, 3.05) is 0 Å². The third kappa shape index (κ3) is 11.3. The molecule has 1 nitrogen and oxygen atoms in total. The van der Waals surface area contributed by atoms with E-state index in [4.69, 9.17) is 11.6 Å². The highest BCUT2D eigenvalue weighted by atomic mass is 35.5. The van der Waals surface area contributed by atoms with Crippen LogP contribution in [0.2, 0.25) is 0 Å². The maximum absolute atomic E-state index is 6.40. The third-order valence-corrected chi connectivity index (χ3v) is 4.18. The van der Waals surface area contributed by atoms with E-state index >= 15 is 0 Å². The standard InChI is InChI=1S/C16H33Cl.H3N/c1-5-7-8-9-10-11-12-13-14-15(6-2)16(3,4)17;/h15H,5-14H2,1-4H3;1H3. The molecule has 0 amide bonds. The molecule has 0 saturated heterocycles. The fraction of sp³-hybridized carbons (Fsp3) is 1.00. The van der Waals surface area contributed by atoms with E-state index in [9.17, 15) is 0 Å². The highest BCUT2D eigenvalue weighted by Gasteiger charge is 2.24. The average molecular weight is 278 g/mol. The zero-order valence-corrected chi connectivity index (χ0v) is 14.0. The van der Waals surface area contributed by atoms with E-state index in [0.29, 0.717) is 5.92 Å². The molecule has 0 radical (unpaired) electrons. The Morgan fingerprint density at radius 1 is 0.833 bits per heavy atom. The molecule has 1 atom stereocenters. The van der Waals surface area contributed by atoms with Gasteiger partial charge in [0.25, 0.3) is 0 Å². The summed E-state index contributed by atoms with van der Waals surface area (Å²) in [6.07, 6.45) is 13.8. The van der Waals surface area contributed by atoms with Crippen LogP contribution in [0.1, 0.15) is 91.9 Å². The van der Waals surface area contributed by atoms with Crippen LogP contribution in [0.4, 0.5) is 0 Å². The van der Waals surface area contributed by atoms with Crippen LogP contribution in [0.15, 0.2) is 0 Å². The molecule has 0 bridgehead atoms. The molecule has 1 unspecified atom stereocenters. The normalized spacial score (nSPS) is 13.2. The lowest BCUT2D eigenvalue weighted by atomic mass is 9.87. The predicted molar refractivity (Wildman–Crippen MR) is 86.0 cm³/mol. The number of hydrogen-bond donors (Lipinski definition) is 1. The SMILES string of the molecule is CCCCCCCCCCC(CC)C(C)(C)Cl.N. The maximum atomic E-state index is 6.40. The second-order valence-corrected chi connectivity index (χ2v) is 6.91. The van der Waals surface area contributed by atoms with E-state index in [-0.39, 0.29) is 11.0 Å². The first kappa shape index (κ1) is 20.6. The minimum atomic E-state index is -0.0180. The van der Waals surface area contributed by atoms with Crippen LogP contribution in [0.3, 0.4) is 0 Å². The average Bonchev–Trinajstić information content (AvgIpc) is 2.25. The summed E-state index contributed by atoms with van der Waals surface area (Å²) in [5, 5.41) is 0. The first-order valence-corrected chi connectivity index (χ1v) is 8.09. The second-order valence-electron chi connectivity index (χ2n) is 5.93. The van der Waals surface area contributed by atoms with E-state index < -0.39 is 0 Å². The number of halogens is 1. The summed E-state index contributed by atoms with van der Waals surface area (Å²) in [6, 6.07) is 0. The van der Waals surface area contributed by atoms with E-state index in [0.717, 1.165) is 0 Å².